The number of nitrogens with one attached hydrogen (secondary N) is 1. The molecule has 0 atom stereocenters. The molecule has 1 aliphatic rings. The number of piperazine rings is 1. The Morgan fingerprint density at radius 2 is 1.78 bits per heavy atom. The molecule has 0 spiro atoms. The molecule has 0 aromatic heterocycles. The third-order valence-corrected chi connectivity index (χ3v) is 6.32. The molecule has 1 fully saturated rings. The lowest BCUT2D eigenvalue weighted by Gasteiger charge is -2.34. The number of sulfonamides is 1. The lowest BCUT2D eigenvalue weighted by molar-refractivity contribution is -0.140. The summed E-state index contributed by atoms with van der Waals surface area (Å²) in [5.41, 5.74) is -1.16. The molecule has 0 saturated carbocycles. The van der Waals surface area contributed by atoms with Gasteiger partial charge >= 0.3 is 6.18 Å². The average molecular weight is 407 g/mol. The smallest absolute Gasteiger partial charge is 0.355 e. The van der Waals surface area contributed by atoms with Crippen molar-refractivity contribution in [1.29, 1.82) is 0 Å². The summed E-state index contributed by atoms with van der Waals surface area (Å²) < 4.78 is 65.8. The van der Waals surface area contributed by atoms with Gasteiger partial charge < -0.3 is 5.32 Å². The van der Waals surface area contributed by atoms with Gasteiger partial charge in [0.25, 0.3) is 0 Å². The Morgan fingerprint density at radius 3 is 2.37 bits per heavy atom. The second-order valence-electron chi connectivity index (χ2n) is 6.38. The molecule has 1 aliphatic heterocycles. The maximum Gasteiger partial charge on any atom is 0.417 e. The number of nitrogens with zero attached hydrogens (tertiary/aromatic N) is 2. The highest BCUT2D eigenvalue weighted by Crippen LogP contribution is 2.35. The molecule has 6 nitrogen and oxygen atoms in total. The summed E-state index contributed by atoms with van der Waals surface area (Å²) in [6.45, 7) is 3.41. The van der Waals surface area contributed by atoms with Crippen LogP contribution in [0.4, 0.5) is 13.2 Å². The van der Waals surface area contributed by atoms with E-state index in [4.69, 9.17) is 0 Å². The first-order chi connectivity index (χ1) is 12.7. The fraction of sp³-hybridized carbons (Fsp3) is 0.588. The van der Waals surface area contributed by atoms with E-state index in [1.165, 1.54) is 6.07 Å². The van der Waals surface area contributed by atoms with Crippen molar-refractivity contribution in [1.82, 2.24) is 14.5 Å². The number of unbranched alkanes of at least 4 members (excludes halogenated alkanes) is 1. The van der Waals surface area contributed by atoms with Crippen molar-refractivity contribution in [3.63, 3.8) is 0 Å². The average Bonchev–Trinajstić information content (AvgIpc) is 2.62. The van der Waals surface area contributed by atoms with E-state index in [1.807, 2.05) is 6.92 Å². The van der Waals surface area contributed by atoms with E-state index in [9.17, 15) is 26.4 Å². The van der Waals surface area contributed by atoms with Crippen molar-refractivity contribution in [2.24, 2.45) is 0 Å². The van der Waals surface area contributed by atoms with E-state index < -0.39 is 26.7 Å². The normalized spacial score (nSPS) is 17.0. The summed E-state index contributed by atoms with van der Waals surface area (Å²) >= 11 is 0. The van der Waals surface area contributed by atoms with Crippen LogP contribution >= 0.6 is 0 Å². The van der Waals surface area contributed by atoms with Crippen LogP contribution in [0.15, 0.2) is 29.2 Å². The van der Waals surface area contributed by atoms with E-state index in [1.54, 1.807) is 4.90 Å². The van der Waals surface area contributed by atoms with Gasteiger partial charge in [0.05, 0.1) is 17.0 Å². The van der Waals surface area contributed by atoms with Gasteiger partial charge in [0, 0.05) is 32.7 Å². The van der Waals surface area contributed by atoms with Crippen LogP contribution in [0.2, 0.25) is 0 Å². The summed E-state index contributed by atoms with van der Waals surface area (Å²) in [6.07, 6.45) is -2.89. The highest BCUT2D eigenvalue weighted by molar-refractivity contribution is 7.89. The van der Waals surface area contributed by atoms with E-state index in [0.29, 0.717) is 6.54 Å². The third kappa shape index (κ3) is 5.66. The molecule has 152 valence electrons. The summed E-state index contributed by atoms with van der Waals surface area (Å²) in [6, 6.07) is 4.19. The minimum atomic E-state index is -4.75. The van der Waals surface area contributed by atoms with Crippen molar-refractivity contribution in [3.05, 3.63) is 29.8 Å². The van der Waals surface area contributed by atoms with Gasteiger partial charge in [0.2, 0.25) is 15.9 Å². The largest absolute Gasteiger partial charge is 0.417 e. The highest BCUT2D eigenvalue weighted by atomic mass is 32.2. The molecule has 27 heavy (non-hydrogen) atoms. The molecule has 0 bridgehead atoms. The number of carbonyl (C=O) groups is 1. The summed E-state index contributed by atoms with van der Waals surface area (Å²) in [5, 5.41) is 2.78. The van der Waals surface area contributed by atoms with Crippen LogP contribution in [-0.2, 0) is 21.0 Å². The molecule has 1 heterocycles. The van der Waals surface area contributed by atoms with Crippen molar-refractivity contribution in [2.75, 3.05) is 39.3 Å². The van der Waals surface area contributed by atoms with Crippen LogP contribution in [0.5, 0.6) is 0 Å². The second kappa shape index (κ2) is 9.03. The van der Waals surface area contributed by atoms with Crippen molar-refractivity contribution in [2.45, 2.75) is 30.8 Å². The maximum absolute atomic E-state index is 13.1. The van der Waals surface area contributed by atoms with Gasteiger partial charge in [0.15, 0.2) is 0 Å². The van der Waals surface area contributed by atoms with Crippen molar-refractivity contribution < 1.29 is 26.4 Å². The molecule has 0 aliphatic carbocycles. The SMILES string of the molecule is CCCCNC(=O)CN1CCN(S(=O)(=O)c2ccccc2C(F)(F)F)CC1. The topological polar surface area (TPSA) is 69.7 Å². The van der Waals surface area contributed by atoms with Gasteiger partial charge in [-0.05, 0) is 18.6 Å². The summed E-state index contributed by atoms with van der Waals surface area (Å²) in [5.74, 6) is -0.137. The molecule has 1 saturated heterocycles. The minimum Gasteiger partial charge on any atom is -0.355 e. The first-order valence-corrected chi connectivity index (χ1v) is 10.3. The van der Waals surface area contributed by atoms with Crippen LogP contribution in [0, 0.1) is 0 Å². The number of amides is 1. The number of hydrogen-bond donors (Lipinski definition) is 1. The van der Waals surface area contributed by atoms with Crippen LogP contribution in [0.3, 0.4) is 0 Å². The Hall–Kier alpha value is -1.65. The Labute approximate surface area is 157 Å². The van der Waals surface area contributed by atoms with Gasteiger partial charge in [-0.15, -0.1) is 0 Å². The molecule has 0 radical (unpaired) electrons. The molecule has 1 amide bonds. The highest BCUT2D eigenvalue weighted by Gasteiger charge is 2.39. The fourth-order valence-electron chi connectivity index (χ4n) is 2.86. The summed E-state index contributed by atoms with van der Waals surface area (Å²) in [4.78, 5) is 12.9. The zero-order valence-electron chi connectivity index (χ0n) is 15.1. The molecule has 10 heteroatoms. The van der Waals surface area contributed by atoms with Gasteiger partial charge in [-0.3, -0.25) is 9.69 Å². The van der Waals surface area contributed by atoms with E-state index in [0.717, 1.165) is 35.3 Å². The Kier molecular flexibility index (Phi) is 7.24. The molecular formula is C17H24F3N3O3S. The fourth-order valence-corrected chi connectivity index (χ4v) is 4.49. The molecule has 0 unspecified atom stereocenters. The second-order valence-corrected chi connectivity index (χ2v) is 8.28. The molecule has 1 aromatic rings. The van der Waals surface area contributed by atoms with Gasteiger partial charge in [0.1, 0.15) is 0 Å². The Morgan fingerprint density at radius 1 is 1.15 bits per heavy atom. The van der Waals surface area contributed by atoms with Gasteiger partial charge in [-0.2, -0.15) is 17.5 Å². The van der Waals surface area contributed by atoms with Crippen LogP contribution in [0.1, 0.15) is 25.3 Å². The first-order valence-electron chi connectivity index (χ1n) is 8.81. The minimum absolute atomic E-state index is 0.0385. The van der Waals surface area contributed by atoms with Gasteiger partial charge in [-0.1, -0.05) is 25.5 Å². The Bertz CT molecular complexity index is 745. The molecular weight excluding hydrogens is 383 g/mol. The van der Waals surface area contributed by atoms with E-state index in [-0.39, 0.29) is 38.6 Å². The summed E-state index contributed by atoms with van der Waals surface area (Å²) in [7, 11) is -4.26. The number of rotatable bonds is 7. The van der Waals surface area contributed by atoms with E-state index >= 15 is 0 Å². The van der Waals surface area contributed by atoms with Crippen LogP contribution < -0.4 is 5.32 Å². The van der Waals surface area contributed by atoms with E-state index in [2.05, 4.69) is 5.32 Å². The van der Waals surface area contributed by atoms with Gasteiger partial charge in [-0.25, -0.2) is 8.42 Å². The zero-order valence-corrected chi connectivity index (χ0v) is 15.9. The lowest BCUT2D eigenvalue weighted by atomic mass is 10.2. The number of carbonyl (C=O) groups excluding carboxylic acids is 1. The number of alkyl halides is 3. The number of halogens is 3. The number of hydrogen-bond acceptors (Lipinski definition) is 4. The van der Waals surface area contributed by atoms with Crippen LogP contribution in [-0.4, -0.2) is 62.8 Å². The van der Waals surface area contributed by atoms with Crippen molar-refractivity contribution >= 4 is 15.9 Å². The third-order valence-electron chi connectivity index (χ3n) is 4.36. The molecule has 2 rings (SSSR count). The lowest BCUT2D eigenvalue weighted by Crippen LogP contribution is -2.51. The Balaban J connectivity index is 2.01. The quantitative estimate of drug-likeness (QED) is 0.702. The molecule has 1 aromatic carbocycles. The monoisotopic (exact) mass is 407 g/mol. The number of benzene rings is 1. The zero-order chi connectivity index (χ0) is 20.1. The predicted molar refractivity (Wildman–Crippen MR) is 94.6 cm³/mol. The first kappa shape index (κ1) is 21.6. The predicted octanol–water partition coefficient (Wildman–Crippen LogP) is 1.93. The maximum atomic E-state index is 13.1. The standard InChI is InChI=1S/C17H24F3N3O3S/c1-2-3-8-21-16(24)13-22-9-11-23(12-10-22)27(25,26)15-7-5-4-6-14(15)17(18,19)20/h4-7H,2-3,8-13H2,1H3,(H,21,24). The van der Waals surface area contributed by atoms with Crippen LogP contribution in [0.25, 0.3) is 0 Å². The molecule has 1 N–H and O–H groups in total. The van der Waals surface area contributed by atoms with Crippen molar-refractivity contribution in [3.8, 4) is 0 Å².